The lowest BCUT2D eigenvalue weighted by Gasteiger charge is -2.02. The first-order valence-electron chi connectivity index (χ1n) is 2.81. The first-order chi connectivity index (χ1) is 3.97. The van der Waals surface area contributed by atoms with Gasteiger partial charge in [-0.15, -0.1) is 11.8 Å². The van der Waals surface area contributed by atoms with Gasteiger partial charge in [-0.3, -0.25) is 0 Å². The van der Waals surface area contributed by atoms with Crippen LogP contribution in [0.25, 0.3) is 0 Å². The van der Waals surface area contributed by atoms with Gasteiger partial charge in [-0.25, -0.2) is 0 Å². The predicted molar refractivity (Wildman–Crippen MR) is 31.7 cm³/mol. The normalized spacial score (nSPS) is 45.0. The number of hydrogen-bond donors (Lipinski definition) is 0. The van der Waals surface area contributed by atoms with Crippen molar-refractivity contribution in [3.63, 3.8) is 0 Å². The first-order valence-corrected chi connectivity index (χ1v) is 3.86. The Morgan fingerprint density at radius 3 is 3.25 bits per heavy atom. The van der Waals surface area contributed by atoms with E-state index in [2.05, 4.69) is 0 Å². The zero-order valence-electron chi connectivity index (χ0n) is 4.50. The SMILES string of the molecule is C1CC2SCOC2O1. The molecule has 0 N–H and O–H groups in total. The molecule has 0 radical (unpaired) electrons. The average Bonchev–Trinajstić information content (AvgIpc) is 2.15. The van der Waals surface area contributed by atoms with Gasteiger partial charge < -0.3 is 9.47 Å². The molecule has 2 unspecified atom stereocenters. The van der Waals surface area contributed by atoms with E-state index in [0.717, 1.165) is 12.5 Å². The van der Waals surface area contributed by atoms with Gasteiger partial charge >= 0.3 is 0 Å². The average molecular weight is 132 g/mol. The first kappa shape index (κ1) is 5.09. The van der Waals surface area contributed by atoms with Crippen molar-refractivity contribution in [1.29, 1.82) is 0 Å². The molecule has 2 nitrogen and oxygen atoms in total. The van der Waals surface area contributed by atoms with Gasteiger partial charge in [-0.05, 0) is 6.42 Å². The maximum atomic E-state index is 5.23. The minimum atomic E-state index is 0.139. The molecule has 2 rings (SSSR count). The van der Waals surface area contributed by atoms with Gasteiger partial charge in [0.15, 0.2) is 6.29 Å². The van der Waals surface area contributed by atoms with Crippen LogP contribution in [-0.2, 0) is 9.47 Å². The quantitative estimate of drug-likeness (QED) is 0.486. The summed E-state index contributed by atoms with van der Waals surface area (Å²) in [5.74, 6) is 0.829. The monoisotopic (exact) mass is 132 g/mol. The van der Waals surface area contributed by atoms with E-state index in [9.17, 15) is 0 Å². The van der Waals surface area contributed by atoms with Crippen LogP contribution in [0.3, 0.4) is 0 Å². The van der Waals surface area contributed by atoms with Crippen molar-refractivity contribution in [2.24, 2.45) is 0 Å². The summed E-state index contributed by atoms with van der Waals surface area (Å²) in [7, 11) is 0. The van der Waals surface area contributed by atoms with Gasteiger partial charge in [0.2, 0.25) is 0 Å². The number of ether oxygens (including phenoxy) is 2. The second-order valence-electron chi connectivity index (χ2n) is 2.02. The molecule has 0 spiro atoms. The van der Waals surface area contributed by atoms with Crippen LogP contribution in [0.5, 0.6) is 0 Å². The molecule has 0 aliphatic carbocycles. The summed E-state index contributed by atoms with van der Waals surface area (Å²) in [6.45, 7) is 0.891. The van der Waals surface area contributed by atoms with Gasteiger partial charge in [-0.1, -0.05) is 0 Å². The molecule has 8 heavy (non-hydrogen) atoms. The van der Waals surface area contributed by atoms with E-state index < -0.39 is 0 Å². The predicted octanol–water partition coefficient (Wildman–Crippen LogP) is 0.822. The molecule has 2 aliphatic heterocycles. The van der Waals surface area contributed by atoms with Crippen molar-refractivity contribution in [2.45, 2.75) is 18.0 Å². The highest BCUT2D eigenvalue weighted by atomic mass is 32.2. The van der Waals surface area contributed by atoms with E-state index in [1.165, 1.54) is 6.42 Å². The van der Waals surface area contributed by atoms with Crippen molar-refractivity contribution in [1.82, 2.24) is 0 Å². The molecule has 2 heterocycles. The number of fused-ring (bicyclic) bond motifs is 1. The van der Waals surface area contributed by atoms with Crippen molar-refractivity contribution in [3.8, 4) is 0 Å². The van der Waals surface area contributed by atoms with Crippen molar-refractivity contribution in [3.05, 3.63) is 0 Å². The third-order valence-corrected chi connectivity index (χ3v) is 2.66. The smallest absolute Gasteiger partial charge is 0.170 e. The van der Waals surface area contributed by atoms with Crippen LogP contribution < -0.4 is 0 Å². The minimum Gasteiger partial charge on any atom is -0.351 e. The third-order valence-electron chi connectivity index (χ3n) is 1.50. The van der Waals surface area contributed by atoms with Crippen molar-refractivity contribution < 1.29 is 9.47 Å². The van der Waals surface area contributed by atoms with E-state index in [4.69, 9.17) is 9.47 Å². The molecular formula is C5H8O2S. The van der Waals surface area contributed by atoms with Crippen LogP contribution >= 0.6 is 11.8 Å². The molecule has 0 aromatic heterocycles. The summed E-state index contributed by atoms with van der Waals surface area (Å²) in [4.78, 5) is 0. The van der Waals surface area contributed by atoms with Crippen molar-refractivity contribution >= 4 is 11.8 Å². The second-order valence-corrected chi connectivity index (χ2v) is 3.19. The Bertz CT molecular complexity index is 76.4. The topological polar surface area (TPSA) is 18.5 Å². The molecule has 2 fully saturated rings. The van der Waals surface area contributed by atoms with Crippen LogP contribution in [0.15, 0.2) is 0 Å². The van der Waals surface area contributed by atoms with E-state index >= 15 is 0 Å². The highest BCUT2D eigenvalue weighted by molar-refractivity contribution is 8.00. The maximum Gasteiger partial charge on any atom is 0.170 e. The number of hydrogen-bond acceptors (Lipinski definition) is 3. The van der Waals surface area contributed by atoms with Gasteiger partial charge in [0.1, 0.15) is 0 Å². The van der Waals surface area contributed by atoms with Crippen LogP contribution in [0, 0.1) is 0 Å². The van der Waals surface area contributed by atoms with E-state index in [0.29, 0.717) is 5.25 Å². The molecule has 2 aliphatic rings. The Hall–Kier alpha value is 0.270. The molecule has 0 amide bonds. The Morgan fingerprint density at radius 1 is 1.38 bits per heavy atom. The highest BCUT2D eigenvalue weighted by Crippen LogP contribution is 2.33. The second kappa shape index (κ2) is 1.90. The fourth-order valence-corrected chi connectivity index (χ4v) is 2.02. The summed E-state index contributed by atoms with van der Waals surface area (Å²) < 4.78 is 10.5. The zero-order valence-corrected chi connectivity index (χ0v) is 5.32. The number of rotatable bonds is 0. The summed E-state index contributed by atoms with van der Waals surface area (Å²) in [6, 6.07) is 0. The Kier molecular flexibility index (Phi) is 1.21. The van der Waals surface area contributed by atoms with E-state index in [-0.39, 0.29) is 6.29 Å². The largest absolute Gasteiger partial charge is 0.351 e. The summed E-state index contributed by atoms with van der Waals surface area (Å²) in [5, 5.41) is 0.648. The van der Waals surface area contributed by atoms with Crippen LogP contribution in [0.4, 0.5) is 0 Å². The summed E-state index contributed by atoms with van der Waals surface area (Å²) >= 11 is 1.87. The summed E-state index contributed by atoms with van der Waals surface area (Å²) in [6.07, 6.45) is 1.31. The zero-order chi connectivity index (χ0) is 5.40. The highest BCUT2D eigenvalue weighted by Gasteiger charge is 2.34. The lowest BCUT2D eigenvalue weighted by molar-refractivity contribution is -0.0818. The van der Waals surface area contributed by atoms with Crippen LogP contribution in [0.2, 0.25) is 0 Å². The fraction of sp³-hybridized carbons (Fsp3) is 1.00. The molecule has 3 heteroatoms. The molecule has 0 bridgehead atoms. The van der Waals surface area contributed by atoms with E-state index in [1.807, 2.05) is 11.8 Å². The van der Waals surface area contributed by atoms with Gasteiger partial charge in [0, 0.05) is 0 Å². The third kappa shape index (κ3) is 0.658. The molecule has 0 aromatic carbocycles. The van der Waals surface area contributed by atoms with Gasteiger partial charge in [0.25, 0.3) is 0 Å². The molecule has 2 saturated heterocycles. The van der Waals surface area contributed by atoms with Crippen LogP contribution in [0.1, 0.15) is 6.42 Å². The Labute approximate surface area is 52.5 Å². The molecule has 2 atom stereocenters. The lowest BCUT2D eigenvalue weighted by atomic mass is 10.3. The Balaban J connectivity index is 2.04. The maximum absolute atomic E-state index is 5.23. The van der Waals surface area contributed by atoms with E-state index in [1.54, 1.807) is 0 Å². The summed E-state index contributed by atoms with van der Waals surface area (Å²) in [5.41, 5.74) is 0. The number of thioether (sulfide) groups is 1. The van der Waals surface area contributed by atoms with Gasteiger partial charge in [-0.2, -0.15) is 0 Å². The lowest BCUT2D eigenvalue weighted by Crippen LogP contribution is -2.12. The molecule has 0 aromatic rings. The van der Waals surface area contributed by atoms with Crippen molar-refractivity contribution in [2.75, 3.05) is 12.5 Å². The van der Waals surface area contributed by atoms with Gasteiger partial charge in [0.05, 0.1) is 17.8 Å². The molecule has 0 saturated carbocycles. The van der Waals surface area contributed by atoms with Crippen LogP contribution in [-0.4, -0.2) is 24.1 Å². The molecular weight excluding hydrogens is 124 g/mol. The minimum absolute atomic E-state index is 0.139. The molecule has 46 valence electrons. The Morgan fingerprint density at radius 2 is 2.38 bits per heavy atom. The standard InChI is InChI=1S/C5H8O2S/c1-2-6-5-4(1)8-3-7-5/h4-5H,1-3H2. The fourth-order valence-electron chi connectivity index (χ4n) is 1.05.